The lowest BCUT2D eigenvalue weighted by Crippen LogP contribution is -2.40. The normalized spacial score (nSPS) is 21.4. The van der Waals surface area contributed by atoms with Crippen LogP contribution in [-0.4, -0.2) is 47.1 Å². The molecule has 2 unspecified atom stereocenters. The van der Waals surface area contributed by atoms with Crippen LogP contribution in [0.4, 0.5) is 5.69 Å². The summed E-state index contributed by atoms with van der Waals surface area (Å²) in [5.74, 6) is 0.143. The van der Waals surface area contributed by atoms with E-state index in [1.807, 2.05) is 6.92 Å². The molecule has 0 aliphatic carbocycles. The zero-order chi connectivity index (χ0) is 15.6. The van der Waals surface area contributed by atoms with Gasteiger partial charge in [0.05, 0.1) is 30.2 Å². The predicted molar refractivity (Wildman–Crippen MR) is 75.3 cm³/mol. The molecular weight excluding hydrogens is 276 g/mol. The fourth-order valence-electron chi connectivity index (χ4n) is 2.67. The van der Waals surface area contributed by atoms with Gasteiger partial charge in [-0.25, -0.2) is 0 Å². The lowest BCUT2D eigenvalue weighted by molar-refractivity contribution is -0.384. The zero-order valence-electron chi connectivity index (χ0n) is 12.0. The van der Waals surface area contributed by atoms with E-state index in [0.717, 1.165) is 6.42 Å². The summed E-state index contributed by atoms with van der Waals surface area (Å²) < 4.78 is 5.12. The Kier molecular flexibility index (Phi) is 4.42. The number of non-ortho nitro benzene ring substituents is 1. The van der Waals surface area contributed by atoms with Crippen LogP contribution in [0.3, 0.4) is 0 Å². The van der Waals surface area contributed by atoms with Gasteiger partial charge in [0, 0.05) is 18.7 Å². The smallest absolute Gasteiger partial charge is 0.270 e. The number of carbonyl (C=O) groups is 1. The van der Waals surface area contributed by atoms with Gasteiger partial charge in [-0.05, 0) is 18.4 Å². The Labute approximate surface area is 122 Å². The average molecular weight is 294 g/mol. The van der Waals surface area contributed by atoms with Crippen molar-refractivity contribution in [2.45, 2.75) is 19.4 Å². The van der Waals surface area contributed by atoms with Gasteiger partial charge in [-0.2, -0.15) is 0 Å². The molecule has 2 rings (SSSR count). The second-order valence-electron chi connectivity index (χ2n) is 5.16. The molecule has 1 amide bonds. The summed E-state index contributed by atoms with van der Waals surface area (Å²) in [6.45, 7) is 2.38. The summed E-state index contributed by atoms with van der Waals surface area (Å²) in [5.41, 5.74) is -0.00815. The van der Waals surface area contributed by atoms with Crippen LogP contribution in [0.25, 0.3) is 0 Å². The maximum atomic E-state index is 12.6. The van der Waals surface area contributed by atoms with Crippen molar-refractivity contribution in [3.05, 3.63) is 33.9 Å². The van der Waals surface area contributed by atoms with Gasteiger partial charge in [-0.15, -0.1) is 0 Å². The Morgan fingerprint density at radius 3 is 2.86 bits per heavy atom. The van der Waals surface area contributed by atoms with E-state index in [-0.39, 0.29) is 35.7 Å². The third-order valence-corrected chi connectivity index (χ3v) is 3.95. The molecule has 0 bridgehead atoms. The quantitative estimate of drug-likeness (QED) is 0.670. The summed E-state index contributed by atoms with van der Waals surface area (Å²) in [7, 11) is 1.41. The predicted octanol–water partition coefficient (Wildman–Crippen LogP) is 1.45. The minimum absolute atomic E-state index is 0.121. The maximum Gasteiger partial charge on any atom is 0.270 e. The molecule has 1 N–H and O–H groups in total. The van der Waals surface area contributed by atoms with Gasteiger partial charge in [-0.3, -0.25) is 14.9 Å². The molecule has 0 radical (unpaired) electrons. The molecule has 0 saturated carbocycles. The number of rotatable bonds is 4. The summed E-state index contributed by atoms with van der Waals surface area (Å²) >= 11 is 0. The molecule has 1 heterocycles. The monoisotopic (exact) mass is 294 g/mol. The molecule has 0 aromatic heterocycles. The van der Waals surface area contributed by atoms with Crippen LogP contribution in [0, 0.1) is 16.0 Å². The van der Waals surface area contributed by atoms with Crippen LogP contribution in [-0.2, 0) is 0 Å². The number of ether oxygens (including phenoxy) is 1. The number of likely N-dealkylation sites (tertiary alicyclic amines) is 1. The highest BCUT2D eigenvalue weighted by molar-refractivity contribution is 5.98. The molecule has 1 aliphatic rings. The molecule has 1 aromatic rings. The van der Waals surface area contributed by atoms with E-state index < -0.39 is 4.92 Å². The van der Waals surface area contributed by atoms with Crippen molar-refractivity contribution in [3.8, 4) is 5.75 Å². The summed E-state index contributed by atoms with van der Waals surface area (Å²) in [6, 6.07) is 3.67. The minimum Gasteiger partial charge on any atom is -0.496 e. The second-order valence-corrected chi connectivity index (χ2v) is 5.16. The lowest BCUT2D eigenvalue weighted by atomic mass is 10.0. The number of hydrogen-bond acceptors (Lipinski definition) is 5. The van der Waals surface area contributed by atoms with Crippen molar-refractivity contribution < 1.29 is 19.6 Å². The molecule has 1 fully saturated rings. The molecule has 1 saturated heterocycles. The molecular formula is C14H18N2O5. The third-order valence-electron chi connectivity index (χ3n) is 3.95. The van der Waals surface area contributed by atoms with Gasteiger partial charge in [0.15, 0.2) is 0 Å². The fraction of sp³-hybridized carbons (Fsp3) is 0.500. The molecule has 7 nitrogen and oxygen atoms in total. The highest BCUT2D eigenvalue weighted by Gasteiger charge is 2.35. The molecule has 114 valence electrons. The van der Waals surface area contributed by atoms with Gasteiger partial charge < -0.3 is 14.7 Å². The number of amides is 1. The van der Waals surface area contributed by atoms with Gasteiger partial charge in [0.2, 0.25) is 0 Å². The zero-order valence-corrected chi connectivity index (χ0v) is 12.0. The van der Waals surface area contributed by atoms with E-state index in [2.05, 4.69) is 0 Å². The number of benzene rings is 1. The molecule has 21 heavy (non-hydrogen) atoms. The van der Waals surface area contributed by atoms with E-state index in [1.54, 1.807) is 4.90 Å². The molecule has 1 aliphatic heterocycles. The first kappa shape index (κ1) is 15.2. The van der Waals surface area contributed by atoms with Crippen molar-refractivity contribution in [2.24, 2.45) is 5.92 Å². The first-order valence-corrected chi connectivity index (χ1v) is 6.73. The van der Waals surface area contributed by atoms with Gasteiger partial charge in [-0.1, -0.05) is 6.92 Å². The number of aliphatic hydroxyl groups is 1. The highest BCUT2D eigenvalue weighted by Crippen LogP contribution is 2.30. The Hall–Kier alpha value is -2.15. The maximum absolute atomic E-state index is 12.6. The fourth-order valence-corrected chi connectivity index (χ4v) is 2.67. The largest absolute Gasteiger partial charge is 0.496 e. The topological polar surface area (TPSA) is 92.9 Å². The van der Waals surface area contributed by atoms with Crippen molar-refractivity contribution in [2.75, 3.05) is 20.3 Å². The minimum atomic E-state index is -0.549. The molecule has 7 heteroatoms. The first-order valence-electron chi connectivity index (χ1n) is 6.73. The summed E-state index contributed by atoms with van der Waals surface area (Å²) in [4.78, 5) is 24.5. The Bertz CT molecular complexity index is 560. The standard InChI is InChI=1S/C14H18N2O5/c1-9-5-6-15(12(9)8-17)14(18)11-7-10(16(19)20)3-4-13(11)21-2/h3-4,7,9,12,17H,5-6,8H2,1-2H3. The van der Waals surface area contributed by atoms with Crippen LogP contribution in [0.5, 0.6) is 5.75 Å². The van der Waals surface area contributed by atoms with Crippen LogP contribution < -0.4 is 4.74 Å². The number of hydrogen-bond donors (Lipinski definition) is 1. The molecule has 0 spiro atoms. The van der Waals surface area contributed by atoms with Crippen molar-refractivity contribution >= 4 is 11.6 Å². The number of nitro benzene ring substituents is 1. The van der Waals surface area contributed by atoms with Crippen LogP contribution >= 0.6 is 0 Å². The first-order chi connectivity index (χ1) is 9.99. The SMILES string of the molecule is COc1ccc([N+](=O)[O-])cc1C(=O)N1CCC(C)C1CO. The third kappa shape index (κ3) is 2.82. The Morgan fingerprint density at radius 2 is 2.29 bits per heavy atom. The number of nitrogens with zero attached hydrogens (tertiary/aromatic N) is 2. The van der Waals surface area contributed by atoms with Gasteiger partial charge >= 0.3 is 0 Å². The number of carbonyl (C=O) groups excluding carboxylic acids is 1. The average Bonchev–Trinajstić information content (AvgIpc) is 2.86. The van der Waals surface area contributed by atoms with E-state index >= 15 is 0 Å². The van der Waals surface area contributed by atoms with Crippen LogP contribution in [0.1, 0.15) is 23.7 Å². The lowest BCUT2D eigenvalue weighted by Gasteiger charge is -2.25. The summed E-state index contributed by atoms with van der Waals surface area (Å²) in [5, 5.41) is 20.3. The molecule has 1 aromatic carbocycles. The van der Waals surface area contributed by atoms with Gasteiger partial charge in [0.1, 0.15) is 5.75 Å². The second kappa shape index (κ2) is 6.09. The van der Waals surface area contributed by atoms with E-state index in [9.17, 15) is 20.0 Å². The van der Waals surface area contributed by atoms with E-state index in [0.29, 0.717) is 12.3 Å². The van der Waals surface area contributed by atoms with Crippen molar-refractivity contribution in [1.82, 2.24) is 4.90 Å². The van der Waals surface area contributed by atoms with Crippen LogP contribution in [0.2, 0.25) is 0 Å². The highest BCUT2D eigenvalue weighted by atomic mass is 16.6. The Balaban J connectivity index is 2.38. The van der Waals surface area contributed by atoms with Gasteiger partial charge in [0.25, 0.3) is 11.6 Å². The molecule has 2 atom stereocenters. The number of aliphatic hydroxyl groups excluding tert-OH is 1. The van der Waals surface area contributed by atoms with Crippen molar-refractivity contribution in [1.29, 1.82) is 0 Å². The Morgan fingerprint density at radius 1 is 1.57 bits per heavy atom. The number of methoxy groups -OCH3 is 1. The number of nitro groups is 1. The van der Waals surface area contributed by atoms with Crippen molar-refractivity contribution in [3.63, 3.8) is 0 Å². The van der Waals surface area contributed by atoms with E-state index in [1.165, 1.54) is 25.3 Å². The summed E-state index contributed by atoms with van der Waals surface area (Å²) in [6.07, 6.45) is 0.800. The van der Waals surface area contributed by atoms with Crippen LogP contribution in [0.15, 0.2) is 18.2 Å². The van der Waals surface area contributed by atoms with E-state index in [4.69, 9.17) is 4.74 Å².